The maximum absolute atomic E-state index is 10.8. The molecule has 0 aromatic heterocycles. The second-order valence-electron chi connectivity index (χ2n) is 6.66. The van der Waals surface area contributed by atoms with Gasteiger partial charge in [-0.2, -0.15) is 8.42 Å². The molecule has 0 unspecified atom stereocenters. The predicted molar refractivity (Wildman–Crippen MR) is 99.6 cm³/mol. The van der Waals surface area contributed by atoms with E-state index in [2.05, 4.69) is 18.7 Å². The van der Waals surface area contributed by atoms with E-state index in [1.54, 1.807) is 0 Å². The average Bonchev–Trinajstić information content (AvgIpc) is 2.48. The zero-order valence-corrected chi connectivity index (χ0v) is 16.2. The average molecular weight is 350 g/mol. The molecule has 0 aliphatic rings. The van der Waals surface area contributed by atoms with E-state index in [4.69, 9.17) is 4.55 Å². The largest absolute Gasteiger partial charge is 0.303 e. The van der Waals surface area contributed by atoms with Gasteiger partial charge in [-0.1, -0.05) is 71.6 Å². The molecule has 0 saturated carbocycles. The lowest BCUT2D eigenvalue weighted by Crippen LogP contribution is -2.28. The zero-order valence-electron chi connectivity index (χ0n) is 15.4. The quantitative estimate of drug-likeness (QED) is 0.300. The van der Waals surface area contributed by atoms with Gasteiger partial charge in [0.05, 0.1) is 5.75 Å². The van der Waals surface area contributed by atoms with Gasteiger partial charge in [0.25, 0.3) is 10.1 Å². The van der Waals surface area contributed by atoms with Crippen molar-refractivity contribution in [1.82, 2.24) is 4.90 Å². The molecule has 0 bridgehead atoms. The SMILES string of the molecule is CCCCCCCCCCCCN(CCC)CCCS(=O)(=O)O. The van der Waals surface area contributed by atoms with Crippen molar-refractivity contribution in [3.05, 3.63) is 0 Å². The highest BCUT2D eigenvalue weighted by Gasteiger charge is 2.08. The molecule has 0 spiro atoms. The molecule has 0 atom stereocenters. The van der Waals surface area contributed by atoms with Crippen molar-refractivity contribution in [2.24, 2.45) is 0 Å². The second kappa shape index (κ2) is 15.4. The van der Waals surface area contributed by atoms with Crippen molar-refractivity contribution in [2.75, 3.05) is 25.4 Å². The van der Waals surface area contributed by atoms with Gasteiger partial charge in [-0.25, -0.2) is 0 Å². The van der Waals surface area contributed by atoms with Crippen LogP contribution in [0.15, 0.2) is 0 Å². The smallest absolute Gasteiger partial charge is 0.264 e. The molecule has 5 heteroatoms. The normalized spacial score (nSPS) is 12.2. The Bertz CT molecular complexity index is 344. The van der Waals surface area contributed by atoms with Gasteiger partial charge in [0, 0.05) is 0 Å². The maximum Gasteiger partial charge on any atom is 0.264 e. The summed E-state index contributed by atoms with van der Waals surface area (Å²) in [5.41, 5.74) is 0. The van der Waals surface area contributed by atoms with E-state index in [1.807, 2.05) is 0 Å². The summed E-state index contributed by atoms with van der Waals surface area (Å²) >= 11 is 0. The lowest BCUT2D eigenvalue weighted by atomic mass is 10.1. The van der Waals surface area contributed by atoms with E-state index in [0.717, 1.165) is 26.1 Å². The molecule has 0 aromatic rings. The number of hydrogen-bond donors (Lipinski definition) is 1. The first-order valence-corrected chi connectivity index (χ1v) is 11.3. The van der Waals surface area contributed by atoms with E-state index in [9.17, 15) is 8.42 Å². The van der Waals surface area contributed by atoms with E-state index < -0.39 is 10.1 Å². The molecule has 0 rings (SSSR count). The third-order valence-electron chi connectivity index (χ3n) is 4.24. The zero-order chi connectivity index (χ0) is 17.4. The van der Waals surface area contributed by atoms with Gasteiger partial charge < -0.3 is 4.90 Å². The highest BCUT2D eigenvalue weighted by Crippen LogP contribution is 2.11. The molecule has 0 aromatic carbocycles. The minimum absolute atomic E-state index is 0.120. The molecule has 0 amide bonds. The van der Waals surface area contributed by atoms with Crippen LogP contribution in [-0.4, -0.2) is 43.3 Å². The first-order chi connectivity index (χ1) is 11.0. The summed E-state index contributed by atoms with van der Waals surface area (Å²) in [6, 6.07) is 0. The number of nitrogens with zero attached hydrogens (tertiary/aromatic N) is 1. The topological polar surface area (TPSA) is 57.6 Å². The highest BCUT2D eigenvalue weighted by molar-refractivity contribution is 7.85. The monoisotopic (exact) mass is 349 g/mol. The Hall–Kier alpha value is -0.130. The molecule has 1 N–H and O–H groups in total. The van der Waals surface area contributed by atoms with Gasteiger partial charge in [0.15, 0.2) is 0 Å². The minimum Gasteiger partial charge on any atom is -0.303 e. The summed E-state index contributed by atoms with van der Waals surface area (Å²) < 4.78 is 30.3. The van der Waals surface area contributed by atoms with E-state index in [1.165, 1.54) is 64.2 Å². The van der Waals surface area contributed by atoms with Crippen LogP contribution >= 0.6 is 0 Å². The van der Waals surface area contributed by atoms with Crippen LogP contribution in [0.5, 0.6) is 0 Å². The van der Waals surface area contributed by atoms with Gasteiger partial charge in [-0.15, -0.1) is 0 Å². The Morgan fingerprint density at radius 3 is 1.61 bits per heavy atom. The Kier molecular flexibility index (Phi) is 15.3. The van der Waals surface area contributed by atoms with Crippen LogP contribution in [-0.2, 0) is 10.1 Å². The summed E-state index contributed by atoms with van der Waals surface area (Å²) in [6.45, 7) is 7.24. The molecule has 0 radical (unpaired) electrons. The molecule has 0 fully saturated rings. The van der Waals surface area contributed by atoms with Gasteiger partial charge in [0.2, 0.25) is 0 Å². The standard InChI is InChI=1S/C18H39NO3S/c1-3-5-6-7-8-9-10-11-12-13-16-19(15-4-2)17-14-18-23(20,21)22/h3-18H2,1-2H3,(H,20,21,22). The molecule has 0 saturated heterocycles. The molecule has 140 valence electrons. The van der Waals surface area contributed by atoms with E-state index in [-0.39, 0.29) is 5.75 Å². The summed E-state index contributed by atoms with van der Waals surface area (Å²) in [5, 5.41) is 0. The number of hydrogen-bond acceptors (Lipinski definition) is 3. The lowest BCUT2D eigenvalue weighted by molar-refractivity contribution is 0.267. The van der Waals surface area contributed by atoms with Crippen LogP contribution in [0, 0.1) is 0 Å². The molecule has 23 heavy (non-hydrogen) atoms. The first kappa shape index (κ1) is 22.9. The Labute approximate surface area is 144 Å². The van der Waals surface area contributed by atoms with Gasteiger partial charge in [-0.05, 0) is 38.9 Å². The highest BCUT2D eigenvalue weighted by atomic mass is 32.2. The van der Waals surface area contributed by atoms with Crippen LogP contribution in [0.2, 0.25) is 0 Å². The van der Waals surface area contributed by atoms with Crippen molar-refractivity contribution in [3.8, 4) is 0 Å². The fourth-order valence-electron chi connectivity index (χ4n) is 2.95. The number of unbranched alkanes of at least 4 members (excludes halogenated alkanes) is 9. The van der Waals surface area contributed by atoms with E-state index in [0.29, 0.717) is 6.42 Å². The van der Waals surface area contributed by atoms with Crippen LogP contribution in [0.25, 0.3) is 0 Å². The summed E-state index contributed by atoms with van der Waals surface area (Å²) in [7, 11) is -3.81. The van der Waals surface area contributed by atoms with Crippen LogP contribution in [0.1, 0.15) is 90.9 Å². The predicted octanol–water partition coefficient (Wildman–Crippen LogP) is 4.90. The Balaban J connectivity index is 3.53. The molecule has 0 heterocycles. The molecule has 4 nitrogen and oxygen atoms in total. The van der Waals surface area contributed by atoms with Crippen molar-refractivity contribution in [1.29, 1.82) is 0 Å². The molecule has 0 aliphatic heterocycles. The van der Waals surface area contributed by atoms with Crippen molar-refractivity contribution in [3.63, 3.8) is 0 Å². The van der Waals surface area contributed by atoms with E-state index >= 15 is 0 Å². The fourth-order valence-corrected chi connectivity index (χ4v) is 3.44. The van der Waals surface area contributed by atoms with Crippen LogP contribution < -0.4 is 0 Å². The van der Waals surface area contributed by atoms with Crippen LogP contribution in [0.3, 0.4) is 0 Å². The molecular weight excluding hydrogens is 310 g/mol. The second-order valence-corrected chi connectivity index (χ2v) is 8.24. The Morgan fingerprint density at radius 2 is 1.13 bits per heavy atom. The van der Waals surface area contributed by atoms with Gasteiger partial charge in [0.1, 0.15) is 0 Å². The van der Waals surface area contributed by atoms with Crippen LogP contribution in [0.4, 0.5) is 0 Å². The lowest BCUT2D eigenvalue weighted by Gasteiger charge is -2.21. The third-order valence-corrected chi connectivity index (χ3v) is 5.05. The number of rotatable bonds is 17. The van der Waals surface area contributed by atoms with Crippen molar-refractivity contribution >= 4 is 10.1 Å². The third kappa shape index (κ3) is 18.1. The molecule has 0 aliphatic carbocycles. The van der Waals surface area contributed by atoms with Crippen molar-refractivity contribution < 1.29 is 13.0 Å². The summed E-state index contributed by atoms with van der Waals surface area (Å²) in [6.07, 6.45) is 15.0. The summed E-state index contributed by atoms with van der Waals surface area (Å²) in [5.74, 6) is -0.120. The van der Waals surface area contributed by atoms with Gasteiger partial charge >= 0.3 is 0 Å². The fraction of sp³-hybridized carbons (Fsp3) is 1.00. The summed E-state index contributed by atoms with van der Waals surface area (Å²) in [4.78, 5) is 2.33. The van der Waals surface area contributed by atoms with Gasteiger partial charge in [-0.3, -0.25) is 4.55 Å². The minimum atomic E-state index is -3.81. The molecular formula is C18H39NO3S. The Morgan fingerprint density at radius 1 is 0.652 bits per heavy atom. The maximum atomic E-state index is 10.8. The van der Waals surface area contributed by atoms with Crippen molar-refractivity contribution in [2.45, 2.75) is 90.9 Å². The first-order valence-electron chi connectivity index (χ1n) is 9.67.